The van der Waals surface area contributed by atoms with E-state index in [9.17, 15) is 18.4 Å². The van der Waals surface area contributed by atoms with Crippen LogP contribution in [-0.2, 0) is 14.3 Å². The third-order valence-corrected chi connectivity index (χ3v) is 2.59. The summed E-state index contributed by atoms with van der Waals surface area (Å²) in [6.07, 6.45) is -3.74. The molecule has 0 aromatic heterocycles. The molecule has 1 rings (SSSR count). The highest BCUT2D eigenvalue weighted by atomic mass is 19.3. The zero-order chi connectivity index (χ0) is 14.1. The zero-order valence-corrected chi connectivity index (χ0v) is 10.8. The molecule has 0 radical (unpaired) electrons. The Hall–Kier alpha value is -1.40. The first-order chi connectivity index (χ1) is 8.12. The number of methoxy groups -OCH3 is 1. The second-order valence-corrected chi connectivity index (χ2v) is 5.23. The molecular formula is C11H17F2NO4. The first kappa shape index (κ1) is 14.7. The normalized spacial score (nSPS) is 26.7. The van der Waals surface area contributed by atoms with Gasteiger partial charge >= 0.3 is 12.1 Å². The summed E-state index contributed by atoms with van der Waals surface area (Å²) in [6, 6.07) is 0. The van der Waals surface area contributed by atoms with Crippen LogP contribution < -0.4 is 5.32 Å². The van der Waals surface area contributed by atoms with Gasteiger partial charge < -0.3 is 14.8 Å². The van der Waals surface area contributed by atoms with Gasteiger partial charge in [-0.2, -0.15) is 0 Å². The molecule has 18 heavy (non-hydrogen) atoms. The Balaban J connectivity index is 2.72. The van der Waals surface area contributed by atoms with Crippen molar-refractivity contribution in [3.63, 3.8) is 0 Å². The summed E-state index contributed by atoms with van der Waals surface area (Å²) in [5.41, 5.74) is -2.41. The SMILES string of the molecule is COC(=O)[C@]1(NC(=O)OC(C)(C)C)C[C@H]1C(F)F. The summed E-state index contributed by atoms with van der Waals surface area (Å²) in [6.45, 7) is 4.90. The maximum Gasteiger partial charge on any atom is 0.408 e. The van der Waals surface area contributed by atoms with Gasteiger partial charge in [-0.15, -0.1) is 0 Å². The molecule has 1 fully saturated rings. The van der Waals surface area contributed by atoms with Crippen molar-refractivity contribution in [2.75, 3.05) is 7.11 Å². The molecule has 0 aliphatic heterocycles. The van der Waals surface area contributed by atoms with Crippen LogP contribution in [0.15, 0.2) is 0 Å². The van der Waals surface area contributed by atoms with Gasteiger partial charge in [0.25, 0.3) is 0 Å². The number of alkyl halides is 2. The van der Waals surface area contributed by atoms with Gasteiger partial charge in [0.1, 0.15) is 11.1 Å². The quantitative estimate of drug-likeness (QED) is 0.789. The van der Waals surface area contributed by atoms with Crippen molar-refractivity contribution in [2.24, 2.45) is 5.92 Å². The first-order valence-corrected chi connectivity index (χ1v) is 5.50. The van der Waals surface area contributed by atoms with Crippen LogP contribution in [0.5, 0.6) is 0 Å². The van der Waals surface area contributed by atoms with Crippen LogP contribution in [0.1, 0.15) is 27.2 Å². The molecule has 104 valence electrons. The van der Waals surface area contributed by atoms with Crippen LogP contribution in [0.3, 0.4) is 0 Å². The topological polar surface area (TPSA) is 64.6 Å². The Morgan fingerprint density at radius 1 is 1.39 bits per heavy atom. The van der Waals surface area contributed by atoms with E-state index in [1.807, 2.05) is 0 Å². The van der Waals surface area contributed by atoms with E-state index in [4.69, 9.17) is 4.74 Å². The lowest BCUT2D eigenvalue weighted by molar-refractivity contribution is -0.145. The number of rotatable bonds is 3. The molecule has 0 aromatic carbocycles. The lowest BCUT2D eigenvalue weighted by Crippen LogP contribution is -2.48. The number of carbonyl (C=O) groups is 2. The van der Waals surface area contributed by atoms with E-state index in [1.165, 1.54) is 0 Å². The van der Waals surface area contributed by atoms with Gasteiger partial charge in [-0.05, 0) is 27.2 Å². The van der Waals surface area contributed by atoms with E-state index in [0.717, 1.165) is 7.11 Å². The number of alkyl carbamates (subject to hydrolysis) is 1. The molecule has 0 saturated heterocycles. The van der Waals surface area contributed by atoms with Crippen molar-refractivity contribution in [2.45, 2.75) is 44.8 Å². The monoisotopic (exact) mass is 265 g/mol. The van der Waals surface area contributed by atoms with Gasteiger partial charge in [-0.1, -0.05) is 0 Å². The maximum absolute atomic E-state index is 12.6. The molecule has 1 amide bonds. The molecule has 0 unspecified atom stereocenters. The summed E-state index contributed by atoms with van der Waals surface area (Å²) < 4.78 is 34.6. The summed E-state index contributed by atoms with van der Waals surface area (Å²) in [4.78, 5) is 23.0. The number of carbonyl (C=O) groups excluding carboxylic acids is 2. The minimum Gasteiger partial charge on any atom is -0.467 e. The molecule has 1 saturated carbocycles. The Morgan fingerprint density at radius 2 is 1.94 bits per heavy atom. The molecule has 0 bridgehead atoms. The predicted octanol–water partition coefficient (Wildman–Crippen LogP) is 1.71. The molecule has 2 atom stereocenters. The van der Waals surface area contributed by atoms with Gasteiger partial charge in [-0.25, -0.2) is 18.4 Å². The van der Waals surface area contributed by atoms with Crippen molar-refractivity contribution in [3.05, 3.63) is 0 Å². The number of nitrogens with one attached hydrogen (secondary N) is 1. The highest BCUT2D eigenvalue weighted by Crippen LogP contribution is 2.48. The maximum atomic E-state index is 12.6. The molecule has 1 aliphatic rings. The molecule has 1 N–H and O–H groups in total. The number of esters is 1. The van der Waals surface area contributed by atoms with Gasteiger partial charge in [0, 0.05) is 0 Å². The average Bonchev–Trinajstić information content (AvgIpc) is 2.89. The zero-order valence-electron chi connectivity index (χ0n) is 10.8. The van der Waals surface area contributed by atoms with Gasteiger partial charge in [-0.3, -0.25) is 0 Å². The van der Waals surface area contributed by atoms with E-state index in [-0.39, 0.29) is 6.42 Å². The van der Waals surface area contributed by atoms with E-state index in [2.05, 4.69) is 10.1 Å². The van der Waals surface area contributed by atoms with E-state index >= 15 is 0 Å². The Morgan fingerprint density at radius 3 is 2.28 bits per heavy atom. The van der Waals surface area contributed by atoms with E-state index < -0.39 is 35.5 Å². The van der Waals surface area contributed by atoms with E-state index in [0.29, 0.717) is 0 Å². The van der Waals surface area contributed by atoms with Crippen LogP contribution in [0.25, 0.3) is 0 Å². The van der Waals surface area contributed by atoms with Crippen LogP contribution in [0.4, 0.5) is 13.6 Å². The van der Waals surface area contributed by atoms with Crippen LogP contribution in [0, 0.1) is 5.92 Å². The standard InChI is InChI=1S/C11H17F2NO4/c1-10(2,3)18-9(16)14-11(8(15)17-4)5-6(11)7(12)13/h6-7H,5H2,1-4H3,(H,14,16)/t6-,11-/m0/s1. The fraction of sp³-hybridized carbons (Fsp3) is 0.818. The molecule has 0 heterocycles. The predicted molar refractivity (Wildman–Crippen MR) is 58.2 cm³/mol. The van der Waals surface area contributed by atoms with Crippen LogP contribution in [-0.4, -0.2) is 36.7 Å². The van der Waals surface area contributed by atoms with Crippen molar-refractivity contribution < 1.29 is 27.8 Å². The smallest absolute Gasteiger partial charge is 0.408 e. The van der Waals surface area contributed by atoms with Crippen molar-refractivity contribution >= 4 is 12.1 Å². The third-order valence-electron chi connectivity index (χ3n) is 2.59. The van der Waals surface area contributed by atoms with Crippen molar-refractivity contribution in [1.82, 2.24) is 5.32 Å². The van der Waals surface area contributed by atoms with Crippen molar-refractivity contribution in [3.8, 4) is 0 Å². The molecule has 0 spiro atoms. The molecular weight excluding hydrogens is 248 g/mol. The highest BCUT2D eigenvalue weighted by molar-refractivity contribution is 5.89. The minimum absolute atomic E-state index is 0.142. The van der Waals surface area contributed by atoms with Gasteiger partial charge in [0.15, 0.2) is 0 Å². The number of hydrogen-bond acceptors (Lipinski definition) is 4. The fourth-order valence-electron chi connectivity index (χ4n) is 1.69. The largest absolute Gasteiger partial charge is 0.467 e. The number of amides is 1. The van der Waals surface area contributed by atoms with Crippen LogP contribution >= 0.6 is 0 Å². The number of hydrogen-bond donors (Lipinski definition) is 1. The highest BCUT2D eigenvalue weighted by Gasteiger charge is 2.66. The Bertz CT molecular complexity index is 353. The minimum atomic E-state index is -2.70. The molecule has 0 aromatic rings. The summed E-state index contributed by atoms with van der Waals surface area (Å²) >= 11 is 0. The molecule has 7 heteroatoms. The lowest BCUT2D eigenvalue weighted by Gasteiger charge is -2.23. The second-order valence-electron chi connectivity index (χ2n) is 5.23. The molecule has 1 aliphatic carbocycles. The number of halogens is 2. The second kappa shape index (κ2) is 4.70. The van der Waals surface area contributed by atoms with Crippen LogP contribution in [0.2, 0.25) is 0 Å². The third kappa shape index (κ3) is 3.08. The van der Waals surface area contributed by atoms with E-state index in [1.54, 1.807) is 20.8 Å². The average molecular weight is 265 g/mol. The Kier molecular flexibility index (Phi) is 3.83. The van der Waals surface area contributed by atoms with Gasteiger partial charge in [0.2, 0.25) is 6.43 Å². The lowest BCUT2D eigenvalue weighted by atomic mass is 10.2. The Labute approximate surface area is 104 Å². The summed E-state index contributed by atoms with van der Waals surface area (Å²) in [5, 5.41) is 2.19. The van der Waals surface area contributed by atoms with Gasteiger partial charge in [0.05, 0.1) is 13.0 Å². The fourth-order valence-corrected chi connectivity index (χ4v) is 1.69. The summed E-state index contributed by atoms with van der Waals surface area (Å²) in [5.74, 6) is -2.10. The summed E-state index contributed by atoms with van der Waals surface area (Å²) in [7, 11) is 1.09. The number of ether oxygens (including phenoxy) is 2. The van der Waals surface area contributed by atoms with Crippen molar-refractivity contribution in [1.29, 1.82) is 0 Å². The molecule has 5 nitrogen and oxygen atoms in total. The first-order valence-electron chi connectivity index (χ1n) is 5.50.